The zero-order valence-electron chi connectivity index (χ0n) is 13.2. The molecule has 1 saturated heterocycles. The summed E-state index contributed by atoms with van der Waals surface area (Å²) in [5.74, 6) is 0.773. The van der Waals surface area contributed by atoms with Crippen LogP contribution in [-0.2, 0) is 16.6 Å². The summed E-state index contributed by atoms with van der Waals surface area (Å²) >= 11 is 0. The maximum Gasteiger partial charge on any atom is 0.246 e. The van der Waals surface area contributed by atoms with Gasteiger partial charge in [0, 0.05) is 47.0 Å². The summed E-state index contributed by atoms with van der Waals surface area (Å²) in [6.07, 6.45) is 3.55. The summed E-state index contributed by atoms with van der Waals surface area (Å²) in [5, 5.41) is 7.29. The molecule has 1 amide bonds. The maximum absolute atomic E-state index is 12.3. The molecule has 0 radical (unpaired) electrons. The Bertz CT molecular complexity index is 518. The largest absolute Gasteiger partial charge is 0.383 e. The number of methoxy groups -OCH3 is 1. The van der Waals surface area contributed by atoms with Crippen molar-refractivity contribution in [2.75, 3.05) is 51.8 Å². The number of aliphatic imine (C=N–C) groups is 1. The van der Waals surface area contributed by atoms with Gasteiger partial charge in [-0.3, -0.25) is 14.5 Å². The predicted molar refractivity (Wildman–Crippen MR) is 95.8 cm³/mol. The van der Waals surface area contributed by atoms with E-state index >= 15 is 0 Å². The van der Waals surface area contributed by atoms with E-state index in [1.54, 1.807) is 29.9 Å². The molecule has 1 aromatic heterocycles. The SMILES string of the molecule is CN=C(NCCOC)N1CCN(c2cnn(C)c2)C(=O)C1.I. The Morgan fingerprint density at radius 1 is 1.50 bits per heavy atom. The van der Waals surface area contributed by atoms with Crippen LogP contribution in [0.2, 0.25) is 0 Å². The first-order valence-corrected chi connectivity index (χ1v) is 6.89. The minimum atomic E-state index is 0. The second-order valence-corrected chi connectivity index (χ2v) is 4.81. The summed E-state index contributed by atoms with van der Waals surface area (Å²) in [4.78, 5) is 20.2. The van der Waals surface area contributed by atoms with Crippen LogP contribution in [0.3, 0.4) is 0 Å². The van der Waals surface area contributed by atoms with Gasteiger partial charge >= 0.3 is 0 Å². The zero-order valence-corrected chi connectivity index (χ0v) is 15.5. The van der Waals surface area contributed by atoms with Crippen LogP contribution in [0.4, 0.5) is 5.69 Å². The number of aryl methyl sites for hydroxylation is 1. The summed E-state index contributed by atoms with van der Waals surface area (Å²) in [5.41, 5.74) is 0.837. The van der Waals surface area contributed by atoms with Crippen molar-refractivity contribution in [3.05, 3.63) is 12.4 Å². The van der Waals surface area contributed by atoms with E-state index in [9.17, 15) is 4.79 Å². The maximum atomic E-state index is 12.3. The first-order chi connectivity index (χ1) is 10.2. The van der Waals surface area contributed by atoms with Crippen molar-refractivity contribution in [3.8, 4) is 0 Å². The number of piperazine rings is 1. The average Bonchev–Trinajstić information content (AvgIpc) is 2.90. The summed E-state index contributed by atoms with van der Waals surface area (Å²) in [7, 11) is 5.21. The molecule has 2 heterocycles. The molecule has 1 aromatic rings. The molecule has 2 rings (SSSR count). The Labute approximate surface area is 147 Å². The molecule has 0 unspecified atom stereocenters. The molecular formula is C13H23IN6O2. The predicted octanol–water partition coefficient (Wildman–Crippen LogP) is -0.0915. The van der Waals surface area contributed by atoms with Crippen molar-refractivity contribution in [1.29, 1.82) is 0 Å². The highest BCUT2D eigenvalue weighted by atomic mass is 127. The molecule has 0 aliphatic carbocycles. The number of rotatable bonds is 4. The van der Waals surface area contributed by atoms with Crippen molar-refractivity contribution in [2.45, 2.75) is 0 Å². The van der Waals surface area contributed by atoms with Gasteiger partial charge in [0.1, 0.15) is 6.54 Å². The zero-order chi connectivity index (χ0) is 15.2. The molecule has 124 valence electrons. The molecule has 0 spiro atoms. The number of carbonyl (C=O) groups excluding carboxylic acids is 1. The smallest absolute Gasteiger partial charge is 0.246 e. The fourth-order valence-corrected chi connectivity index (χ4v) is 2.27. The number of carbonyl (C=O) groups is 1. The Hall–Kier alpha value is -1.36. The Morgan fingerprint density at radius 2 is 2.27 bits per heavy atom. The number of anilines is 1. The van der Waals surface area contributed by atoms with Crippen molar-refractivity contribution in [3.63, 3.8) is 0 Å². The molecule has 8 nitrogen and oxygen atoms in total. The fourth-order valence-electron chi connectivity index (χ4n) is 2.27. The molecule has 1 fully saturated rings. The van der Waals surface area contributed by atoms with Crippen molar-refractivity contribution >= 4 is 41.5 Å². The van der Waals surface area contributed by atoms with Gasteiger partial charge in [-0.05, 0) is 0 Å². The summed E-state index contributed by atoms with van der Waals surface area (Å²) in [6, 6.07) is 0. The van der Waals surface area contributed by atoms with Gasteiger partial charge in [0.05, 0.1) is 18.5 Å². The van der Waals surface area contributed by atoms with Crippen LogP contribution in [0.1, 0.15) is 0 Å². The lowest BCUT2D eigenvalue weighted by Crippen LogP contribution is -2.55. The second-order valence-electron chi connectivity index (χ2n) is 4.81. The second kappa shape index (κ2) is 8.93. The molecule has 0 saturated carbocycles. The lowest BCUT2D eigenvalue weighted by atomic mass is 10.3. The number of ether oxygens (including phenoxy) is 1. The van der Waals surface area contributed by atoms with Crippen LogP contribution in [0.25, 0.3) is 0 Å². The number of amides is 1. The highest BCUT2D eigenvalue weighted by Gasteiger charge is 2.27. The lowest BCUT2D eigenvalue weighted by Gasteiger charge is -2.35. The quantitative estimate of drug-likeness (QED) is 0.318. The molecular weight excluding hydrogens is 399 g/mol. The Morgan fingerprint density at radius 3 is 2.82 bits per heavy atom. The normalized spacial score (nSPS) is 15.8. The van der Waals surface area contributed by atoms with E-state index in [0.29, 0.717) is 26.2 Å². The van der Waals surface area contributed by atoms with Gasteiger partial charge in [-0.1, -0.05) is 0 Å². The molecule has 1 aliphatic rings. The minimum absolute atomic E-state index is 0. The van der Waals surface area contributed by atoms with Gasteiger partial charge in [-0.25, -0.2) is 0 Å². The monoisotopic (exact) mass is 422 g/mol. The highest BCUT2D eigenvalue weighted by Crippen LogP contribution is 2.15. The summed E-state index contributed by atoms with van der Waals surface area (Å²) in [6.45, 7) is 2.92. The van der Waals surface area contributed by atoms with Gasteiger partial charge in [-0.15, -0.1) is 24.0 Å². The van der Waals surface area contributed by atoms with Gasteiger partial charge < -0.3 is 19.9 Å². The number of halogens is 1. The van der Waals surface area contributed by atoms with Crippen LogP contribution in [0.5, 0.6) is 0 Å². The van der Waals surface area contributed by atoms with Crippen LogP contribution in [0, 0.1) is 0 Å². The van der Waals surface area contributed by atoms with E-state index in [4.69, 9.17) is 4.74 Å². The Balaban J connectivity index is 0.00000242. The molecule has 0 bridgehead atoms. The average molecular weight is 422 g/mol. The molecule has 0 atom stereocenters. The molecule has 0 aromatic carbocycles. The van der Waals surface area contributed by atoms with E-state index in [1.807, 2.05) is 18.1 Å². The van der Waals surface area contributed by atoms with Gasteiger partial charge in [0.15, 0.2) is 5.96 Å². The third-order valence-corrected chi connectivity index (χ3v) is 3.32. The fraction of sp³-hybridized carbons (Fsp3) is 0.615. The number of nitrogens with one attached hydrogen (secondary N) is 1. The van der Waals surface area contributed by atoms with Crippen molar-refractivity contribution in [1.82, 2.24) is 20.0 Å². The lowest BCUT2D eigenvalue weighted by molar-refractivity contribution is -0.120. The van der Waals surface area contributed by atoms with E-state index in [1.165, 1.54) is 0 Å². The third-order valence-electron chi connectivity index (χ3n) is 3.32. The number of guanidine groups is 1. The molecule has 1 aliphatic heterocycles. The van der Waals surface area contributed by atoms with Gasteiger partial charge in [-0.2, -0.15) is 5.10 Å². The number of hydrogen-bond donors (Lipinski definition) is 1. The number of nitrogens with zero attached hydrogens (tertiary/aromatic N) is 5. The molecule has 9 heteroatoms. The first-order valence-electron chi connectivity index (χ1n) is 6.89. The van der Waals surface area contributed by atoms with Crippen LogP contribution in [-0.4, -0.2) is 73.5 Å². The van der Waals surface area contributed by atoms with Gasteiger partial charge in [0.25, 0.3) is 0 Å². The Kier molecular flexibility index (Phi) is 7.59. The van der Waals surface area contributed by atoms with E-state index in [-0.39, 0.29) is 29.9 Å². The number of hydrogen-bond acceptors (Lipinski definition) is 4. The topological polar surface area (TPSA) is 75.0 Å². The van der Waals surface area contributed by atoms with Crippen molar-refractivity contribution in [2.24, 2.45) is 12.0 Å². The number of aromatic nitrogens is 2. The third kappa shape index (κ3) is 4.57. The van der Waals surface area contributed by atoms with Gasteiger partial charge in [0.2, 0.25) is 5.91 Å². The highest BCUT2D eigenvalue weighted by molar-refractivity contribution is 14.0. The van der Waals surface area contributed by atoms with Crippen LogP contribution in [0.15, 0.2) is 17.4 Å². The van der Waals surface area contributed by atoms with E-state index in [2.05, 4.69) is 15.4 Å². The van der Waals surface area contributed by atoms with E-state index < -0.39 is 0 Å². The van der Waals surface area contributed by atoms with Crippen LogP contribution < -0.4 is 10.2 Å². The summed E-state index contributed by atoms with van der Waals surface area (Å²) < 4.78 is 6.70. The molecule has 22 heavy (non-hydrogen) atoms. The van der Waals surface area contributed by atoms with E-state index in [0.717, 1.165) is 18.2 Å². The standard InChI is InChI=1S/C13H22N6O2.HI/c1-14-13(15-4-7-21-3)18-5-6-19(12(20)10-18)11-8-16-17(2)9-11;/h8-9H,4-7,10H2,1-3H3,(H,14,15);1H. The molecule has 1 N–H and O–H groups in total. The van der Waals surface area contributed by atoms with Crippen LogP contribution >= 0.6 is 24.0 Å². The van der Waals surface area contributed by atoms with Crippen molar-refractivity contribution < 1.29 is 9.53 Å². The first kappa shape index (κ1) is 18.7. The minimum Gasteiger partial charge on any atom is -0.383 e.